The Balaban J connectivity index is 0. The van der Waals surface area contributed by atoms with Crippen molar-refractivity contribution in [2.24, 2.45) is 0 Å². The SMILES string of the molecule is CCCCCCCCC(C)SC([O-])=S.[K+]. The first-order valence-electron chi connectivity index (χ1n) is 5.54. The summed E-state index contributed by atoms with van der Waals surface area (Å²) < 4.78 is -0.163. The third-order valence-electron chi connectivity index (χ3n) is 2.26. The summed E-state index contributed by atoms with van der Waals surface area (Å²) in [6.45, 7) is 4.31. The molecule has 15 heavy (non-hydrogen) atoms. The van der Waals surface area contributed by atoms with Gasteiger partial charge in [0, 0.05) is 5.25 Å². The van der Waals surface area contributed by atoms with Crippen molar-refractivity contribution in [1.29, 1.82) is 0 Å². The molecule has 84 valence electrons. The molecule has 0 saturated heterocycles. The molecule has 0 N–H and O–H groups in total. The van der Waals surface area contributed by atoms with E-state index in [0.717, 1.165) is 6.42 Å². The molecule has 0 spiro atoms. The molecule has 0 aromatic carbocycles. The van der Waals surface area contributed by atoms with Crippen LogP contribution in [-0.4, -0.2) is 9.63 Å². The van der Waals surface area contributed by atoms with Crippen LogP contribution in [0.2, 0.25) is 0 Å². The van der Waals surface area contributed by atoms with Crippen molar-refractivity contribution in [2.75, 3.05) is 0 Å². The Morgan fingerprint density at radius 1 is 1.20 bits per heavy atom. The summed E-state index contributed by atoms with van der Waals surface area (Å²) in [7, 11) is 0. The van der Waals surface area contributed by atoms with E-state index in [0.29, 0.717) is 5.25 Å². The van der Waals surface area contributed by atoms with E-state index in [1.54, 1.807) is 0 Å². The molecule has 0 heterocycles. The average molecular weight is 273 g/mol. The van der Waals surface area contributed by atoms with Crippen molar-refractivity contribution >= 4 is 28.4 Å². The normalized spacial score (nSPS) is 11.9. The van der Waals surface area contributed by atoms with Crippen LogP contribution in [0.15, 0.2) is 0 Å². The molecule has 0 aromatic heterocycles. The molecule has 4 heteroatoms. The second-order valence-electron chi connectivity index (χ2n) is 3.73. The zero-order valence-electron chi connectivity index (χ0n) is 10.3. The van der Waals surface area contributed by atoms with E-state index in [2.05, 4.69) is 26.1 Å². The molecule has 0 aliphatic carbocycles. The largest absolute Gasteiger partial charge is 1.00 e. The molecule has 0 radical (unpaired) electrons. The summed E-state index contributed by atoms with van der Waals surface area (Å²) in [6.07, 6.45) is 9.02. The zero-order valence-corrected chi connectivity index (χ0v) is 15.0. The average Bonchev–Trinajstić information content (AvgIpc) is 2.10. The zero-order chi connectivity index (χ0) is 10.8. The van der Waals surface area contributed by atoms with Crippen molar-refractivity contribution in [3.8, 4) is 0 Å². The van der Waals surface area contributed by atoms with Crippen LogP contribution in [-0.2, 0) is 0 Å². The van der Waals surface area contributed by atoms with E-state index >= 15 is 0 Å². The Hall–Kier alpha value is 1.88. The van der Waals surface area contributed by atoms with Gasteiger partial charge in [0.05, 0.1) is 0 Å². The van der Waals surface area contributed by atoms with Crippen molar-refractivity contribution < 1.29 is 56.5 Å². The van der Waals surface area contributed by atoms with E-state index in [1.165, 1.54) is 50.3 Å². The van der Waals surface area contributed by atoms with Gasteiger partial charge in [0.25, 0.3) is 0 Å². The summed E-state index contributed by atoms with van der Waals surface area (Å²) in [5.41, 5.74) is 0. The van der Waals surface area contributed by atoms with Crippen LogP contribution >= 0.6 is 24.0 Å². The third-order valence-corrected chi connectivity index (χ3v) is 3.38. The van der Waals surface area contributed by atoms with E-state index in [4.69, 9.17) is 0 Å². The Bertz CT molecular complexity index is 154. The van der Waals surface area contributed by atoms with Gasteiger partial charge >= 0.3 is 51.4 Å². The van der Waals surface area contributed by atoms with Crippen LogP contribution in [0, 0.1) is 0 Å². The summed E-state index contributed by atoms with van der Waals surface area (Å²) >= 11 is 5.81. The van der Waals surface area contributed by atoms with E-state index in [-0.39, 0.29) is 55.8 Å². The van der Waals surface area contributed by atoms with Gasteiger partial charge < -0.3 is 5.11 Å². The van der Waals surface area contributed by atoms with Gasteiger partial charge in [-0.25, -0.2) is 0 Å². The molecular weight excluding hydrogens is 251 g/mol. The number of hydrogen-bond donors (Lipinski definition) is 0. The molecule has 0 amide bonds. The minimum Gasteiger partial charge on any atom is -0.860 e. The third kappa shape index (κ3) is 15.9. The number of thiocarbonyl (C=S) groups is 1. The smallest absolute Gasteiger partial charge is 0.860 e. The quantitative estimate of drug-likeness (QED) is 0.365. The van der Waals surface area contributed by atoms with Gasteiger partial charge in [-0.05, 0) is 10.8 Å². The minimum atomic E-state index is -0.163. The van der Waals surface area contributed by atoms with E-state index in [1.807, 2.05) is 0 Å². The molecule has 1 unspecified atom stereocenters. The van der Waals surface area contributed by atoms with Crippen LogP contribution in [0.25, 0.3) is 0 Å². The van der Waals surface area contributed by atoms with E-state index < -0.39 is 0 Å². The van der Waals surface area contributed by atoms with Crippen LogP contribution in [0.1, 0.15) is 58.8 Å². The van der Waals surface area contributed by atoms with Gasteiger partial charge in [-0.2, -0.15) is 0 Å². The molecule has 0 fully saturated rings. The number of hydrogen-bond acceptors (Lipinski definition) is 3. The van der Waals surface area contributed by atoms with Crippen LogP contribution < -0.4 is 56.5 Å². The fourth-order valence-corrected chi connectivity index (χ4v) is 2.54. The van der Waals surface area contributed by atoms with Crippen molar-refractivity contribution in [3.63, 3.8) is 0 Å². The summed E-state index contributed by atoms with van der Waals surface area (Å²) in [5, 5.41) is 11.0. The Morgan fingerprint density at radius 2 is 1.73 bits per heavy atom. The predicted octanol–water partition coefficient (Wildman–Crippen LogP) is 0.508. The Labute approximate surface area is 147 Å². The molecule has 0 rings (SSSR count). The summed E-state index contributed by atoms with van der Waals surface area (Å²) in [4.78, 5) is 0. The topological polar surface area (TPSA) is 23.1 Å². The van der Waals surface area contributed by atoms with Gasteiger partial charge in [0.2, 0.25) is 0 Å². The van der Waals surface area contributed by atoms with E-state index in [9.17, 15) is 5.11 Å². The summed E-state index contributed by atoms with van der Waals surface area (Å²) in [5.74, 6) is 0. The number of unbranched alkanes of at least 4 members (excludes halogenated alkanes) is 5. The first-order valence-corrected chi connectivity index (χ1v) is 6.83. The second-order valence-corrected chi connectivity index (χ2v) is 5.78. The molecule has 0 aliphatic rings. The minimum absolute atomic E-state index is 0. The monoisotopic (exact) mass is 272 g/mol. The molecule has 1 nitrogen and oxygen atoms in total. The Kier molecular flexibility index (Phi) is 17.9. The first-order chi connectivity index (χ1) is 6.66. The molecular formula is C11H21KOS2. The Morgan fingerprint density at radius 3 is 2.27 bits per heavy atom. The number of rotatable bonds is 8. The standard InChI is InChI=1S/C11H22OS2.K/c1-3-4-5-6-7-8-9-10(2)14-11(12)13;/h10H,3-9H2,1-2H3,(H,12,13);/q;+1/p-1. The molecule has 0 bridgehead atoms. The first kappa shape index (κ1) is 19.2. The maximum absolute atomic E-state index is 10.6. The van der Waals surface area contributed by atoms with Gasteiger partial charge in [-0.15, -0.1) is 11.8 Å². The maximum atomic E-state index is 10.6. The summed E-state index contributed by atoms with van der Waals surface area (Å²) in [6, 6.07) is 0. The van der Waals surface area contributed by atoms with Crippen LogP contribution in [0.3, 0.4) is 0 Å². The van der Waals surface area contributed by atoms with Crippen LogP contribution in [0.4, 0.5) is 0 Å². The van der Waals surface area contributed by atoms with Crippen molar-refractivity contribution in [1.82, 2.24) is 0 Å². The number of thioether (sulfide) groups is 1. The van der Waals surface area contributed by atoms with Gasteiger partial charge in [0.1, 0.15) is 0 Å². The predicted molar refractivity (Wildman–Crippen MR) is 67.6 cm³/mol. The molecule has 0 aromatic rings. The van der Waals surface area contributed by atoms with Crippen molar-refractivity contribution in [3.05, 3.63) is 0 Å². The van der Waals surface area contributed by atoms with Gasteiger partial charge in [-0.3, -0.25) is 0 Å². The fraction of sp³-hybridized carbons (Fsp3) is 0.909. The van der Waals surface area contributed by atoms with Gasteiger partial charge in [0.15, 0.2) is 0 Å². The maximum Gasteiger partial charge on any atom is 1.00 e. The second kappa shape index (κ2) is 13.9. The van der Waals surface area contributed by atoms with Crippen LogP contribution in [0.5, 0.6) is 0 Å². The molecule has 0 aliphatic heterocycles. The fourth-order valence-electron chi connectivity index (χ4n) is 1.44. The van der Waals surface area contributed by atoms with Crippen molar-refractivity contribution in [2.45, 2.75) is 64.0 Å². The molecule has 1 atom stereocenters. The molecule has 0 saturated carbocycles. The van der Waals surface area contributed by atoms with Gasteiger partial charge in [-0.1, -0.05) is 64.6 Å².